The van der Waals surface area contributed by atoms with Gasteiger partial charge in [0.15, 0.2) is 0 Å². The molecule has 2 heterocycles. The van der Waals surface area contributed by atoms with Gasteiger partial charge in [0.1, 0.15) is 11.4 Å². The summed E-state index contributed by atoms with van der Waals surface area (Å²) < 4.78 is 0. The average Bonchev–Trinajstić information content (AvgIpc) is 3.22. The van der Waals surface area contributed by atoms with Crippen molar-refractivity contribution in [3.8, 4) is 0 Å². The Balaban J connectivity index is 1.92. The van der Waals surface area contributed by atoms with E-state index >= 15 is 0 Å². The van der Waals surface area contributed by atoms with Gasteiger partial charge in [-0.25, -0.2) is 0 Å². The molecule has 0 aliphatic carbocycles. The van der Waals surface area contributed by atoms with Crippen LogP contribution >= 0.6 is 11.8 Å². The van der Waals surface area contributed by atoms with Crippen molar-refractivity contribution in [3.05, 3.63) is 35.4 Å². The quantitative estimate of drug-likeness (QED) is 0.805. The van der Waals surface area contributed by atoms with Gasteiger partial charge in [-0.05, 0) is 43.2 Å². The standard InChI is InChI=1S/C20H28N2O2S/c1-14(2)12-17(19(24)21-10-6-7-11-21)22-18(23)13-25-20(22)16-9-5-4-8-15(16)3/h4-5,8-9,14,17,20H,6-7,10-13H2,1-3H3/t17-,20+/m0/s1. The predicted octanol–water partition coefficient (Wildman–Crippen LogP) is 3.61. The molecule has 2 saturated heterocycles. The van der Waals surface area contributed by atoms with Gasteiger partial charge < -0.3 is 9.80 Å². The molecular formula is C20H28N2O2S. The average molecular weight is 361 g/mol. The second kappa shape index (κ2) is 7.81. The molecule has 2 aliphatic rings. The number of benzene rings is 1. The molecule has 2 fully saturated rings. The SMILES string of the molecule is Cc1ccccc1[C@H]1SCC(=O)N1[C@@H](CC(C)C)C(=O)N1CCCC1. The van der Waals surface area contributed by atoms with E-state index in [1.165, 1.54) is 5.56 Å². The zero-order chi connectivity index (χ0) is 18.0. The molecule has 4 nitrogen and oxygen atoms in total. The lowest BCUT2D eigenvalue weighted by Crippen LogP contribution is -2.50. The summed E-state index contributed by atoms with van der Waals surface area (Å²) in [5.74, 6) is 1.06. The number of thioether (sulfide) groups is 1. The van der Waals surface area contributed by atoms with E-state index in [1.807, 2.05) is 21.9 Å². The van der Waals surface area contributed by atoms with Crippen molar-refractivity contribution in [2.45, 2.75) is 51.4 Å². The first-order valence-electron chi connectivity index (χ1n) is 9.26. The van der Waals surface area contributed by atoms with Gasteiger partial charge in [0.2, 0.25) is 11.8 Å². The Bertz CT molecular complexity index is 640. The summed E-state index contributed by atoms with van der Waals surface area (Å²) in [6.07, 6.45) is 2.87. The van der Waals surface area contributed by atoms with Crippen LogP contribution in [0.5, 0.6) is 0 Å². The van der Waals surface area contributed by atoms with Crippen LogP contribution in [0, 0.1) is 12.8 Å². The van der Waals surface area contributed by atoms with E-state index in [0.29, 0.717) is 11.7 Å². The maximum Gasteiger partial charge on any atom is 0.245 e. The molecule has 2 aliphatic heterocycles. The van der Waals surface area contributed by atoms with Crippen molar-refractivity contribution >= 4 is 23.6 Å². The second-order valence-corrected chi connectivity index (χ2v) is 8.57. The smallest absolute Gasteiger partial charge is 0.245 e. The van der Waals surface area contributed by atoms with Crippen LogP contribution in [-0.4, -0.2) is 46.5 Å². The predicted molar refractivity (Wildman–Crippen MR) is 102 cm³/mol. The Morgan fingerprint density at radius 1 is 1.24 bits per heavy atom. The Labute approximate surface area is 154 Å². The number of hydrogen-bond donors (Lipinski definition) is 0. The van der Waals surface area contributed by atoms with Crippen molar-refractivity contribution in [1.82, 2.24) is 9.80 Å². The number of nitrogens with zero attached hydrogens (tertiary/aromatic N) is 2. The Hall–Kier alpha value is -1.49. The van der Waals surface area contributed by atoms with E-state index in [9.17, 15) is 9.59 Å². The molecule has 0 aromatic heterocycles. The first kappa shape index (κ1) is 18.3. The van der Waals surface area contributed by atoms with E-state index in [1.54, 1.807) is 11.8 Å². The van der Waals surface area contributed by atoms with Crippen LogP contribution in [0.2, 0.25) is 0 Å². The van der Waals surface area contributed by atoms with Gasteiger partial charge in [-0.1, -0.05) is 38.1 Å². The molecule has 3 rings (SSSR count). The summed E-state index contributed by atoms with van der Waals surface area (Å²) in [4.78, 5) is 29.8. The number of rotatable bonds is 5. The summed E-state index contributed by atoms with van der Waals surface area (Å²) in [5, 5.41) is -0.0518. The highest BCUT2D eigenvalue weighted by Crippen LogP contribution is 2.42. The van der Waals surface area contributed by atoms with Crippen LogP contribution in [-0.2, 0) is 9.59 Å². The largest absolute Gasteiger partial charge is 0.341 e. The Morgan fingerprint density at radius 3 is 2.56 bits per heavy atom. The van der Waals surface area contributed by atoms with Crippen molar-refractivity contribution in [2.24, 2.45) is 5.92 Å². The molecule has 1 aromatic carbocycles. The van der Waals surface area contributed by atoms with E-state index in [-0.39, 0.29) is 23.2 Å². The van der Waals surface area contributed by atoms with E-state index < -0.39 is 0 Å². The minimum atomic E-state index is -0.342. The monoisotopic (exact) mass is 360 g/mol. The maximum absolute atomic E-state index is 13.2. The third kappa shape index (κ3) is 3.86. The fraction of sp³-hybridized carbons (Fsp3) is 0.600. The summed E-state index contributed by atoms with van der Waals surface area (Å²) in [6, 6.07) is 7.86. The normalized spacial score (nSPS) is 22.1. The third-order valence-electron chi connectivity index (χ3n) is 5.09. The minimum absolute atomic E-state index is 0.0518. The molecule has 2 atom stereocenters. The van der Waals surface area contributed by atoms with Crippen LogP contribution in [0.25, 0.3) is 0 Å². The van der Waals surface area contributed by atoms with E-state index in [0.717, 1.165) is 37.9 Å². The van der Waals surface area contributed by atoms with Crippen molar-refractivity contribution < 1.29 is 9.59 Å². The van der Waals surface area contributed by atoms with Crippen molar-refractivity contribution in [2.75, 3.05) is 18.8 Å². The summed E-state index contributed by atoms with van der Waals surface area (Å²) >= 11 is 1.65. The van der Waals surface area contributed by atoms with Crippen LogP contribution in [0.1, 0.15) is 49.6 Å². The Kier molecular flexibility index (Phi) is 5.72. The highest BCUT2D eigenvalue weighted by atomic mass is 32.2. The van der Waals surface area contributed by atoms with E-state index in [4.69, 9.17) is 0 Å². The number of likely N-dealkylation sites (tertiary alicyclic amines) is 1. The lowest BCUT2D eigenvalue weighted by Gasteiger charge is -2.35. The van der Waals surface area contributed by atoms with Crippen LogP contribution in [0.4, 0.5) is 0 Å². The lowest BCUT2D eigenvalue weighted by atomic mass is 9.99. The van der Waals surface area contributed by atoms with Gasteiger partial charge in [0.25, 0.3) is 0 Å². The molecular weight excluding hydrogens is 332 g/mol. The number of carbonyl (C=O) groups is 2. The molecule has 0 unspecified atom stereocenters. The molecule has 1 aromatic rings. The molecule has 0 bridgehead atoms. The topological polar surface area (TPSA) is 40.6 Å². The maximum atomic E-state index is 13.2. The van der Waals surface area contributed by atoms with Gasteiger partial charge in [0, 0.05) is 13.1 Å². The molecule has 0 N–H and O–H groups in total. The molecule has 0 radical (unpaired) electrons. The minimum Gasteiger partial charge on any atom is -0.341 e. The molecule has 0 saturated carbocycles. The zero-order valence-corrected chi connectivity index (χ0v) is 16.2. The molecule has 25 heavy (non-hydrogen) atoms. The fourth-order valence-electron chi connectivity index (χ4n) is 3.80. The zero-order valence-electron chi connectivity index (χ0n) is 15.4. The summed E-state index contributed by atoms with van der Waals surface area (Å²) in [7, 11) is 0. The van der Waals surface area contributed by atoms with Gasteiger partial charge >= 0.3 is 0 Å². The number of amides is 2. The van der Waals surface area contributed by atoms with Gasteiger partial charge in [-0.2, -0.15) is 0 Å². The first-order valence-corrected chi connectivity index (χ1v) is 10.3. The van der Waals surface area contributed by atoms with E-state index in [2.05, 4.69) is 32.9 Å². The third-order valence-corrected chi connectivity index (χ3v) is 6.30. The highest BCUT2D eigenvalue weighted by Gasteiger charge is 2.42. The van der Waals surface area contributed by atoms with Crippen LogP contribution in [0.3, 0.4) is 0 Å². The number of aryl methyl sites for hydroxylation is 1. The fourth-order valence-corrected chi connectivity index (χ4v) is 5.12. The molecule has 136 valence electrons. The van der Waals surface area contributed by atoms with Gasteiger partial charge in [0.05, 0.1) is 5.75 Å². The highest BCUT2D eigenvalue weighted by molar-refractivity contribution is 8.00. The molecule has 0 spiro atoms. The molecule has 2 amide bonds. The van der Waals surface area contributed by atoms with Gasteiger partial charge in [-0.3, -0.25) is 9.59 Å². The summed E-state index contributed by atoms with van der Waals surface area (Å²) in [6.45, 7) is 7.99. The Morgan fingerprint density at radius 2 is 1.92 bits per heavy atom. The second-order valence-electron chi connectivity index (χ2n) is 7.50. The van der Waals surface area contributed by atoms with Crippen molar-refractivity contribution in [1.29, 1.82) is 0 Å². The number of carbonyl (C=O) groups excluding carboxylic acids is 2. The molecule has 5 heteroatoms. The van der Waals surface area contributed by atoms with Crippen LogP contribution in [0.15, 0.2) is 24.3 Å². The number of hydrogen-bond acceptors (Lipinski definition) is 3. The van der Waals surface area contributed by atoms with Crippen molar-refractivity contribution in [3.63, 3.8) is 0 Å². The lowest BCUT2D eigenvalue weighted by molar-refractivity contribution is -0.144. The van der Waals surface area contributed by atoms with Gasteiger partial charge in [-0.15, -0.1) is 11.8 Å². The van der Waals surface area contributed by atoms with Crippen LogP contribution < -0.4 is 0 Å². The first-order chi connectivity index (χ1) is 12.0. The summed E-state index contributed by atoms with van der Waals surface area (Å²) in [5.41, 5.74) is 2.33.